The topological polar surface area (TPSA) is 33.7 Å². The fraction of sp³-hybridized carbons (Fsp3) is 0.571. The molecule has 1 aliphatic rings. The van der Waals surface area contributed by atoms with E-state index in [2.05, 4.69) is 30.1 Å². The average molecular weight is 323 g/mol. The van der Waals surface area contributed by atoms with Gasteiger partial charge >= 0.3 is 0 Å². The quantitative estimate of drug-likeness (QED) is 0.782. The van der Waals surface area contributed by atoms with E-state index < -0.39 is 0 Å². The van der Waals surface area contributed by atoms with E-state index in [4.69, 9.17) is 9.47 Å². The summed E-state index contributed by atoms with van der Waals surface area (Å²) in [6, 6.07) is 6.11. The lowest BCUT2D eigenvalue weighted by atomic mass is 10.2. The Morgan fingerprint density at radius 3 is 2.50 bits per heavy atom. The molecule has 116 valence electrons. The van der Waals surface area contributed by atoms with Crippen LogP contribution >= 0.6 is 24.8 Å². The number of hydrogen-bond acceptors (Lipinski definition) is 4. The van der Waals surface area contributed by atoms with Gasteiger partial charge in [0.05, 0.1) is 0 Å². The van der Waals surface area contributed by atoms with Crippen LogP contribution in [0.25, 0.3) is 0 Å². The van der Waals surface area contributed by atoms with Gasteiger partial charge in [0.25, 0.3) is 0 Å². The van der Waals surface area contributed by atoms with Gasteiger partial charge in [-0.25, -0.2) is 0 Å². The molecular weight excluding hydrogens is 299 g/mol. The van der Waals surface area contributed by atoms with Crippen molar-refractivity contribution in [1.82, 2.24) is 10.2 Å². The molecule has 0 saturated carbocycles. The van der Waals surface area contributed by atoms with Crippen molar-refractivity contribution in [3.05, 3.63) is 23.8 Å². The summed E-state index contributed by atoms with van der Waals surface area (Å²) in [5.74, 6) is 1.71. The highest BCUT2D eigenvalue weighted by atomic mass is 35.5. The highest BCUT2D eigenvalue weighted by Gasteiger charge is 2.12. The van der Waals surface area contributed by atoms with Gasteiger partial charge in [0.15, 0.2) is 11.5 Å². The van der Waals surface area contributed by atoms with Gasteiger partial charge in [0.2, 0.25) is 6.79 Å². The Morgan fingerprint density at radius 2 is 1.80 bits per heavy atom. The lowest BCUT2D eigenvalue weighted by molar-refractivity contribution is 0.174. The Labute approximate surface area is 133 Å². The maximum absolute atomic E-state index is 5.36. The molecule has 1 aromatic carbocycles. The lowest BCUT2D eigenvalue weighted by Gasteiger charge is -2.18. The van der Waals surface area contributed by atoms with Gasteiger partial charge < -0.3 is 19.7 Å². The smallest absolute Gasteiger partial charge is 0.231 e. The van der Waals surface area contributed by atoms with Gasteiger partial charge in [-0.2, -0.15) is 0 Å². The van der Waals surface area contributed by atoms with E-state index in [1.165, 1.54) is 5.56 Å². The van der Waals surface area contributed by atoms with Gasteiger partial charge in [-0.05, 0) is 30.8 Å². The SMILES string of the molecule is CCN(CC)CCNCc1ccc2c(c1)OCO2.Cl.Cl. The highest BCUT2D eigenvalue weighted by molar-refractivity contribution is 5.85. The van der Waals surface area contributed by atoms with Crippen molar-refractivity contribution in [2.45, 2.75) is 20.4 Å². The predicted molar refractivity (Wildman–Crippen MR) is 86.6 cm³/mol. The van der Waals surface area contributed by atoms with Crippen molar-refractivity contribution >= 4 is 24.8 Å². The Hall–Kier alpha value is -0.680. The standard InChI is InChI=1S/C14H22N2O2.2ClH/c1-3-16(4-2)8-7-15-10-12-5-6-13-14(9-12)18-11-17-13;;/h5-6,9,15H,3-4,7-8,10-11H2,1-2H3;2*1H. The molecule has 20 heavy (non-hydrogen) atoms. The lowest BCUT2D eigenvalue weighted by Crippen LogP contribution is -2.31. The Bertz CT molecular complexity index is 387. The van der Waals surface area contributed by atoms with Gasteiger partial charge in [-0.1, -0.05) is 19.9 Å². The first-order valence-corrected chi connectivity index (χ1v) is 6.65. The van der Waals surface area contributed by atoms with E-state index in [0.717, 1.165) is 44.2 Å². The summed E-state index contributed by atoms with van der Waals surface area (Å²) in [6.07, 6.45) is 0. The Kier molecular flexibility index (Phi) is 9.76. The summed E-state index contributed by atoms with van der Waals surface area (Å²) in [4.78, 5) is 2.41. The van der Waals surface area contributed by atoms with E-state index in [0.29, 0.717) is 6.79 Å². The fourth-order valence-electron chi connectivity index (χ4n) is 2.06. The van der Waals surface area contributed by atoms with Crippen LogP contribution in [0.4, 0.5) is 0 Å². The molecule has 4 nitrogen and oxygen atoms in total. The summed E-state index contributed by atoms with van der Waals surface area (Å²) >= 11 is 0. The zero-order valence-electron chi connectivity index (χ0n) is 12.1. The molecule has 1 N–H and O–H groups in total. The molecule has 0 atom stereocenters. The number of fused-ring (bicyclic) bond motifs is 1. The van der Waals surface area contributed by atoms with Crippen molar-refractivity contribution < 1.29 is 9.47 Å². The molecular formula is C14H24Cl2N2O2. The van der Waals surface area contributed by atoms with Crippen LogP contribution in [0.3, 0.4) is 0 Å². The highest BCUT2D eigenvalue weighted by Crippen LogP contribution is 2.32. The van der Waals surface area contributed by atoms with Crippen LogP contribution in [0.2, 0.25) is 0 Å². The predicted octanol–water partition coefficient (Wildman–Crippen LogP) is 2.69. The number of benzene rings is 1. The van der Waals surface area contributed by atoms with Gasteiger partial charge in [-0.15, -0.1) is 24.8 Å². The first-order valence-electron chi connectivity index (χ1n) is 6.65. The van der Waals surface area contributed by atoms with Crippen molar-refractivity contribution in [1.29, 1.82) is 0 Å². The third-order valence-corrected chi connectivity index (χ3v) is 3.27. The van der Waals surface area contributed by atoms with Gasteiger partial charge in [-0.3, -0.25) is 0 Å². The van der Waals surface area contributed by atoms with Gasteiger partial charge in [0, 0.05) is 19.6 Å². The molecule has 1 heterocycles. The molecule has 0 saturated heterocycles. The summed E-state index contributed by atoms with van der Waals surface area (Å²) in [7, 11) is 0. The van der Waals surface area contributed by atoms with Crippen LogP contribution in [0, 0.1) is 0 Å². The second kappa shape index (κ2) is 10.1. The van der Waals surface area contributed by atoms with Crippen molar-refractivity contribution in [3.63, 3.8) is 0 Å². The molecule has 0 radical (unpaired) electrons. The molecule has 0 spiro atoms. The molecule has 0 unspecified atom stereocenters. The van der Waals surface area contributed by atoms with Crippen LogP contribution in [0.15, 0.2) is 18.2 Å². The molecule has 1 aliphatic heterocycles. The van der Waals surface area contributed by atoms with Crippen molar-refractivity contribution in [3.8, 4) is 11.5 Å². The molecule has 6 heteroatoms. The minimum absolute atomic E-state index is 0. The van der Waals surface area contributed by atoms with E-state index in [1.54, 1.807) is 0 Å². The van der Waals surface area contributed by atoms with Crippen LogP contribution in [0.5, 0.6) is 11.5 Å². The molecule has 0 fully saturated rings. The number of ether oxygens (including phenoxy) is 2. The first-order chi connectivity index (χ1) is 8.83. The molecule has 0 aromatic heterocycles. The number of halogens is 2. The molecule has 0 aliphatic carbocycles. The normalized spacial score (nSPS) is 11.9. The maximum Gasteiger partial charge on any atom is 0.231 e. The fourth-order valence-corrected chi connectivity index (χ4v) is 2.06. The molecule has 0 amide bonds. The molecule has 2 rings (SSSR count). The number of nitrogens with zero attached hydrogens (tertiary/aromatic N) is 1. The zero-order chi connectivity index (χ0) is 12.8. The van der Waals surface area contributed by atoms with E-state index in [-0.39, 0.29) is 24.8 Å². The minimum atomic E-state index is 0. The Balaban J connectivity index is 0.00000180. The number of hydrogen-bond donors (Lipinski definition) is 1. The van der Waals surface area contributed by atoms with Crippen LogP contribution in [-0.2, 0) is 6.54 Å². The maximum atomic E-state index is 5.36. The van der Waals surface area contributed by atoms with Crippen molar-refractivity contribution in [2.24, 2.45) is 0 Å². The number of likely N-dealkylation sites (N-methyl/N-ethyl adjacent to an activating group) is 1. The van der Waals surface area contributed by atoms with E-state index in [1.807, 2.05) is 12.1 Å². The average Bonchev–Trinajstić information content (AvgIpc) is 2.86. The second-order valence-corrected chi connectivity index (χ2v) is 4.39. The third kappa shape index (κ3) is 5.37. The van der Waals surface area contributed by atoms with Crippen LogP contribution in [-0.4, -0.2) is 37.9 Å². The largest absolute Gasteiger partial charge is 0.454 e. The monoisotopic (exact) mass is 322 g/mol. The summed E-state index contributed by atoms with van der Waals surface area (Å²) in [5.41, 5.74) is 1.23. The van der Waals surface area contributed by atoms with Crippen molar-refractivity contribution in [2.75, 3.05) is 33.0 Å². The van der Waals surface area contributed by atoms with Crippen LogP contribution in [0.1, 0.15) is 19.4 Å². The number of rotatable bonds is 7. The zero-order valence-corrected chi connectivity index (χ0v) is 13.7. The molecule has 1 aromatic rings. The third-order valence-electron chi connectivity index (χ3n) is 3.27. The number of nitrogens with one attached hydrogen (secondary N) is 1. The van der Waals surface area contributed by atoms with Crippen LogP contribution < -0.4 is 14.8 Å². The molecule has 0 bridgehead atoms. The van der Waals surface area contributed by atoms with E-state index >= 15 is 0 Å². The Morgan fingerprint density at radius 1 is 1.10 bits per heavy atom. The summed E-state index contributed by atoms with van der Waals surface area (Å²) in [6.45, 7) is 9.94. The van der Waals surface area contributed by atoms with E-state index in [9.17, 15) is 0 Å². The van der Waals surface area contributed by atoms with Gasteiger partial charge in [0.1, 0.15) is 0 Å². The first kappa shape index (κ1) is 19.3. The summed E-state index contributed by atoms with van der Waals surface area (Å²) < 4.78 is 10.7. The second-order valence-electron chi connectivity index (χ2n) is 4.39. The minimum Gasteiger partial charge on any atom is -0.454 e. The summed E-state index contributed by atoms with van der Waals surface area (Å²) in [5, 5.41) is 3.45.